The Balaban J connectivity index is 2.20. The Morgan fingerprint density at radius 2 is 1.89 bits per heavy atom. The second-order valence-corrected chi connectivity index (χ2v) is 6.43. The van der Waals surface area contributed by atoms with Gasteiger partial charge in [-0.15, -0.1) is 20.3 Å². The van der Waals surface area contributed by atoms with E-state index in [1.165, 1.54) is 37.2 Å². The molecule has 9 heavy (non-hydrogen) atoms. The molecular formula is C7H14S2. The third-order valence-corrected chi connectivity index (χ3v) is 5.05. The first-order valence-electron chi connectivity index (χ1n) is 3.53. The zero-order valence-electron chi connectivity index (χ0n) is 5.77. The van der Waals surface area contributed by atoms with Gasteiger partial charge in [0, 0.05) is 5.75 Å². The lowest BCUT2D eigenvalue weighted by atomic mass is 10.2. The maximum atomic E-state index is 4.09. The summed E-state index contributed by atoms with van der Waals surface area (Å²) in [5, 5.41) is 0. The monoisotopic (exact) mass is 162 g/mol. The van der Waals surface area contributed by atoms with Crippen LogP contribution in [0.15, 0.2) is 0 Å². The average Bonchev–Trinajstić information content (AvgIpc) is 1.79. The topological polar surface area (TPSA) is 0 Å². The van der Waals surface area contributed by atoms with Crippen molar-refractivity contribution in [3.05, 3.63) is 0 Å². The summed E-state index contributed by atoms with van der Waals surface area (Å²) in [4.78, 5) is 0. The summed E-state index contributed by atoms with van der Waals surface area (Å²) in [5.41, 5.74) is 0. The molecule has 0 aromatic heterocycles. The normalized spacial score (nSPS) is 30.9. The van der Waals surface area contributed by atoms with Crippen LogP contribution in [-0.4, -0.2) is 17.4 Å². The van der Waals surface area contributed by atoms with E-state index >= 15 is 0 Å². The van der Waals surface area contributed by atoms with Crippen LogP contribution in [0.5, 0.6) is 0 Å². The lowest BCUT2D eigenvalue weighted by molar-refractivity contribution is 0.710. The van der Waals surface area contributed by atoms with Gasteiger partial charge in [-0.05, 0) is 18.6 Å². The van der Waals surface area contributed by atoms with Gasteiger partial charge >= 0.3 is 0 Å². The van der Waals surface area contributed by atoms with Gasteiger partial charge in [0.2, 0.25) is 0 Å². The molecule has 0 spiro atoms. The van der Waals surface area contributed by atoms with Crippen molar-refractivity contribution in [1.29, 1.82) is 0 Å². The molecule has 1 unspecified atom stereocenters. The first-order chi connectivity index (χ1) is 4.39. The summed E-state index contributed by atoms with van der Waals surface area (Å²) in [7, 11) is 2.52. The predicted molar refractivity (Wildman–Crippen MR) is 50.5 cm³/mol. The summed E-state index contributed by atoms with van der Waals surface area (Å²) >= 11 is 0. The fourth-order valence-corrected chi connectivity index (χ4v) is 3.92. The molecule has 0 bridgehead atoms. The number of rotatable bonds is 0. The Hall–Kier alpha value is 0.570. The van der Waals surface area contributed by atoms with Crippen LogP contribution in [0.4, 0.5) is 0 Å². The molecule has 1 rings (SSSR count). The van der Waals surface area contributed by atoms with Crippen LogP contribution in [0.3, 0.4) is 0 Å². The Morgan fingerprint density at radius 3 is 2.78 bits per heavy atom. The van der Waals surface area contributed by atoms with Crippen LogP contribution in [0.1, 0.15) is 25.7 Å². The van der Waals surface area contributed by atoms with Crippen molar-refractivity contribution in [3.8, 4) is 0 Å². The van der Waals surface area contributed by atoms with Gasteiger partial charge in [-0.3, -0.25) is 0 Å². The Labute approximate surface area is 63.7 Å². The maximum Gasteiger partial charge on any atom is 0.00320 e. The SMILES string of the molecule is C=S1CCCCCCS1. The molecule has 1 atom stereocenters. The van der Waals surface area contributed by atoms with Crippen LogP contribution < -0.4 is 0 Å². The highest BCUT2D eigenvalue weighted by molar-refractivity contribution is 8.83. The van der Waals surface area contributed by atoms with Gasteiger partial charge in [-0.25, -0.2) is 0 Å². The summed E-state index contributed by atoms with van der Waals surface area (Å²) in [6.07, 6.45) is 5.73. The second-order valence-electron chi connectivity index (χ2n) is 2.38. The van der Waals surface area contributed by atoms with E-state index < -0.39 is 0 Å². The summed E-state index contributed by atoms with van der Waals surface area (Å²) in [6.45, 7) is 0. The first kappa shape index (κ1) is 7.67. The van der Waals surface area contributed by atoms with Crippen molar-refractivity contribution < 1.29 is 0 Å². The molecule has 1 heterocycles. The molecule has 0 nitrogen and oxygen atoms in total. The molecular weight excluding hydrogens is 148 g/mol. The minimum Gasteiger partial charge on any atom is -0.136 e. The molecule has 54 valence electrons. The molecule has 1 saturated heterocycles. The van der Waals surface area contributed by atoms with Gasteiger partial charge in [-0.2, -0.15) is 0 Å². The van der Waals surface area contributed by atoms with Gasteiger partial charge in [0.1, 0.15) is 0 Å². The molecule has 2 heteroatoms. The summed E-state index contributed by atoms with van der Waals surface area (Å²) in [5.74, 6) is 6.81. The third kappa shape index (κ3) is 3.31. The van der Waals surface area contributed by atoms with E-state index in [4.69, 9.17) is 0 Å². The van der Waals surface area contributed by atoms with E-state index in [-0.39, 0.29) is 0 Å². The zero-order chi connectivity index (χ0) is 6.53. The standard InChI is InChI=1S/C7H14S2/c1-9-7-5-3-2-4-6-8-9/h1-7H2. The molecule has 1 aliphatic heterocycles. The van der Waals surface area contributed by atoms with E-state index in [9.17, 15) is 0 Å². The number of hydrogen-bond acceptors (Lipinski definition) is 1. The van der Waals surface area contributed by atoms with Gasteiger partial charge < -0.3 is 0 Å². The van der Waals surface area contributed by atoms with Crippen LogP contribution in [-0.2, 0) is 0 Å². The van der Waals surface area contributed by atoms with Crippen LogP contribution >= 0.6 is 20.3 Å². The van der Waals surface area contributed by atoms with E-state index in [2.05, 4.69) is 16.7 Å². The smallest absolute Gasteiger partial charge is 0.00320 e. The highest BCUT2D eigenvalue weighted by Gasteiger charge is 1.98. The van der Waals surface area contributed by atoms with E-state index in [1.54, 1.807) is 0 Å². The molecule has 0 amide bonds. The fourth-order valence-electron chi connectivity index (χ4n) is 0.954. The third-order valence-electron chi connectivity index (χ3n) is 1.52. The molecule has 0 N–H and O–H groups in total. The maximum absolute atomic E-state index is 4.09. The molecule has 1 fully saturated rings. The Bertz CT molecular complexity index is 89.1. The molecule has 0 aromatic rings. The second kappa shape index (κ2) is 4.40. The predicted octanol–water partition coefficient (Wildman–Crippen LogP) is 2.91. The molecule has 1 aliphatic rings. The van der Waals surface area contributed by atoms with Crippen LogP contribution in [0.25, 0.3) is 0 Å². The molecule has 0 radical (unpaired) electrons. The zero-order valence-corrected chi connectivity index (χ0v) is 7.40. The van der Waals surface area contributed by atoms with Crippen molar-refractivity contribution >= 4 is 26.2 Å². The summed E-state index contributed by atoms with van der Waals surface area (Å²) in [6, 6.07) is 0. The molecule has 0 saturated carbocycles. The molecule has 0 aromatic carbocycles. The Morgan fingerprint density at radius 1 is 1.11 bits per heavy atom. The van der Waals surface area contributed by atoms with Gasteiger partial charge in [0.05, 0.1) is 0 Å². The lowest BCUT2D eigenvalue weighted by Crippen LogP contribution is -1.88. The van der Waals surface area contributed by atoms with Gasteiger partial charge in [0.15, 0.2) is 0 Å². The van der Waals surface area contributed by atoms with Crippen molar-refractivity contribution in [3.63, 3.8) is 0 Å². The van der Waals surface area contributed by atoms with Crippen LogP contribution in [0, 0.1) is 0 Å². The summed E-state index contributed by atoms with van der Waals surface area (Å²) < 4.78 is 0. The average molecular weight is 162 g/mol. The minimum absolute atomic E-state index is 0.448. The fraction of sp³-hybridized carbons (Fsp3) is 0.857. The lowest BCUT2D eigenvalue weighted by Gasteiger charge is -2.10. The van der Waals surface area contributed by atoms with E-state index in [1.807, 2.05) is 0 Å². The highest BCUT2D eigenvalue weighted by atomic mass is 33.1. The van der Waals surface area contributed by atoms with Crippen molar-refractivity contribution in [2.45, 2.75) is 25.7 Å². The van der Waals surface area contributed by atoms with E-state index in [0.717, 1.165) is 0 Å². The molecule has 0 aliphatic carbocycles. The quantitative estimate of drug-likeness (QED) is 0.390. The van der Waals surface area contributed by atoms with Crippen molar-refractivity contribution in [1.82, 2.24) is 0 Å². The van der Waals surface area contributed by atoms with Gasteiger partial charge in [0.25, 0.3) is 0 Å². The Kier molecular flexibility index (Phi) is 3.75. The van der Waals surface area contributed by atoms with Crippen molar-refractivity contribution in [2.75, 3.05) is 11.5 Å². The number of hydrogen-bond donors (Lipinski definition) is 0. The largest absolute Gasteiger partial charge is 0.136 e. The van der Waals surface area contributed by atoms with Crippen LogP contribution in [0.2, 0.25) is 0 Å². The van der Waals surface area contributed by atoms with Gasteiger partial charge in [-0.1, -0.05) is 18.7 Å². The minimum atomic E-state index is 0.448. The first-order valence-corrected chi connectivity index (χ1v) is 6.60. The van der Waals surface area contributed by atoms with E-state index in [0.29, 0.717) is 9.52 Å². The highest BCUT2D eigenvalue weighted by Crippen LogP contribution is 2.32. The van der Waals surface area contributed by atoms with Crippen molar-refractivity contribution in [2.24, 2.45) is 0 Å².